The van der Waals surface area contributed by atoms with Crippen molar-refractivity contribution in [3.63, 3.8) is 0 Å². The minimum atomic E-state index is -0.312. The van der Waals surface area contributed by atoms with Crippen LogP contribution in [0.25, 0.3) is 0 Å². The molecule has 1 saturated heterocycles. The third kappa shape index (κ3) is 2.13. The molecule has 5 atom stereocenters. The van der Waals surface area contributed by atoms with E-state index >= 15 is 0 Å². The zero-order valence-electron chi connectivity index (χ0n) is 12.3. The smallest absolute Gasteiger partial charge is 0.334 e. The molecule has 2 aliphatic carbocycles. The van der Waals surface area contributed by atoms with Crippen LogP contribution in [0.4, 0.5) is 0 Å². The molecule has 0 radical (unpaired) electrons. The number of carbonyl (C=O) groups is 2. The van der Waals surface area contributed by atoms with Crippen LogP contribution < -0.4 is 0 Å². The fourth-order valence-electron chi connectivity index (χ4n) is 4.01. The highest BCUT2D eigenvalue weighted by molar-refractivity contribution is 5.91. The topological polar surface area (TPSA) is 52.6 Å². The summed E-state index contributed by atoms with van der Waals surface area (Å²) in [4.78, 5) is 23.1. The Morgan fingerprint density at radius 1 is 1.29 bits per heavy atom. The van der Waals surface area contributed by atoms with E-state index in [1.165, 1.54) is 6.92 Å². The zero-order chi connectivity index (χ0) is 15.3. The van der Waals surface area contributed by atoms with Crippen molar-refractivity contribution in [1.82, 2.24) is 0 Å². The van der Waals surface area contributed by atoms with Crippen molar-refractivity contribution in [2.75, 3.05) is 0 Å². The van der Waals surface area contributed by atoms with E-state index in [1.807, 2.05) is 0 Å². The van der Waals surface area contributed by atoms with E-state index < -0.39 is 0 Å². The molecule has 3 rings (SSSR count). The van der Waals surface area contributed by atoms with E-state index in [0.29, 0.717) is 12.0 Å². The number of hydrogen-bond donors (Lipinski definition) is 0. The molecule has 0 unspecified atom stereocenters. The second kappa shape index (κ2) is 4.86. The van der Waals surface area contributed by atoms with Gasteiger partial charge in [-0.2, -0.15) is 0 Å². The molecule has 0 aromatic rings. The Morgan fingerprint density at radius 3 is 2.67 bits per heavy atom. The molecular weight excluding hydrogens is 268 g/mol. The molecule has 3 aliphatic rings. The maximum Gasteiger partial charge on any atom is 0.334 e. The lowest BCUT2D eigenvalue weighted by molar-refractivity contribution is -0.145. The number of hydrogen-bond acceptors (Lipinski definition) is 4. The van der Waals surface area contributed by atoms with E-state index in [-0.39, 0.29) is 41.9 Å². The average Bonchev–Trinajstić information content (AvgIpc) is 2.81. The molecule has 0 aromatic heterocycles. The highest BCUT2D eigenvalue weighted by Crippen LogP contribution is 2.52. The van der Waals surface area contributed by atoms with E-state index in [1.54, 1.807) is 0 Å². The van der Waals surface area contributed by atoms with Crippen LogP contribution in [0.1, 0.15) is 26.2 Å². The summed E-state index contributed by atoms with van der Waals surface area (Å²) in [5.74, 6) is -0.447. The summed E-state index contributed by atoms with van der Waals surface area (Å²) in [5, 5.41) is 0. The van der Waals surface area contributed by atoms with Gasteiger partial charge < -0.3 is 9.47 Å². The fraction of sp³-hybridized carbons (Fsp3) is 0.529. The van der Waals surface area contributed by atoms with Crippen LogP contribution in [-0.2, 0) is 19.1 Å². The molecule has 3 fully saturated rings. The zero-order valence-corrected chi connectivity index (χ0v) is 12.3. The Bertz CT molecular complexity index is 559. The molecule has 1 heterocycles. The van der Waals surface area contributed by atoms with E-state index in [9.17, 15) is 9.59 Å². The van der Waals surface area contributed by atoms with Gasteiger partial charge in [-0.05, 0) is 30.8 Å². The molecule has 0 amide bonds. The largest absolute Gasteiger partial charge is 0.458 e. The molecular formula is C17H20O4. The second-order valence-electron chi connectivity index (χ2n) is 6.24. The third-order valence-electron chi connectivity index (χ3n) is 5.06. The van der Waals surface area contributed by atoms with Crippen LogP contribution in [0.3, 0.4) is 0 Å². The molecule has 112 valence electrons. The lowest BCUT2D eigenvalue weighted by atomic mass is 9.82. The monoisotopic (exact) mass is 288 g/mol. The van der Waals surface area contributed by atoms with E-state index in [2.05, 4.69) is 19.7 Å². The summed E-state index contributed by atoms with van der Waals surface area (Å²) in [5.41, 5.74) is 2.53. The maximum atomic E-state index is 11.8. The first-order valence-corrected chi connectivity index (χ1v) is 7.33. The Kier molecular flexibility index (Phi) is 3.27. The summed E-state index contributed by atoms with van der Waals surface area (Å²) in [6, 6.07) is 0. The molecule has 2 saturated carbocycles. The van der Waals surface area contributed by atoms with Crippen LogP contribution in [0.5, 0.6) is 0 Å². The van der Waals surface area contributed by atoms with Crippen molar-refractivity contribution in [3.05, 3.63) is 36.5 Å². The lowest BCUT2D eigenvalue weighted by Gasteiger charge is -2.26. The van der Waals surface area contributed by atoms with Gasteiger partial charge in [-0.25, -0.2) is 4.79 Å². The van der Waals surface area contributed by atoms with Crippen LogP contribution in [0, 0.1) is 17.8 Å². The summed E-state index contributed by atoms with van der Waals surface area (Å²) < 4.78 is 10.9. The van der Waals surface area contributed by atoms with Gasteiger partial charge in [0.15, 0.2) is 0 Å². The van der Waals surface area contributed by atoms with Gasteiger partial charge in [0.1, 0.15) is 12.2 Å². The molecule has 1 aliphatic heterocycles. The van der Waals surface area contributed by atoms with Gasteiger partial charge in [0.2, 0.25) is 0 Å². The molecule has 4 nitrogen and oxygen atoms in total. The molecule has 4 heteroatoms. The van der Waals surface area contributed by atoms with Crippen LogP contribution in [0.2, 0.25) is 0 Å². The van der Waals surface area contributed by atoms with Crippen molar-refractivity contribution in [1.29, 1.82) is 0 Å². The van der Waals surface area contributed by atoms with Crippen molar-refractivity contribution in [3.8, 4) is 0 Å². The van der Waals surface area contributed by atoms with Crippen molar-refractivity contribution in [2.45, 2.75) is 38.4 Å². The van der Waals surface area contributed by atoms with Gasteiger partial charge in [0.05, 0.1) is 0 Å². The van der Waals surface area contributed by atoms with Crippen LogP contribution in [0.15, 0.2) is 36.5 Å². The number of carbonyl (C=O) groups excluding carboxylic acids is 2. The van der Waals surface area contributed by atoms with Gasteiger partial charge >= 0.3 is 11.9 Å². The SMILES string of the molecule is C=C1C(=O)O[C@H]2[C@@H]3C(=C)[C@H](OC(C)=O)C[C@H]3C(=C)CC[C@H]12. The summed E-state index contributed by atoms with van der Waals surface area (Å²) >= 11 is 0. The summed E-state index contributed by atoms with van der Waals surface area (Å²) in [7, 11) is 0. The summed E-state index contributed by atoms with van der Waals surface area (Å²) in [6.45, 7) is 13.6. The minimum Gasteiger partial charge on any atom is -0.458 e. The molecule has 0 spiro atoms. The number of ether oxygens (including phenoxy) is 2. The molecule has 0 bridgehead atoms. The predicted molar refractivity (Wildman–Crippen MR) is 77.2 cm³/mol. The highest BCUT2D eigenvalue weighted by Gasteiger charge is 2.53. The Labute approximate surface area is 124 Å². The second-order valence-corrected chi connectivity index (χ2v) is 6.24. The lowest BCUT2D eigenvalue weighted by Crippen LogP contribution is -2.29. The standard InChI is InChI=1S/C17H20O4/c1-8-5-6-12-9(2)17(19)21-16(12)15-10(3)14(7-13(8)15)20-11(4)18/h12-16H,1-3,5-7H2,4H3/t12-,13+,14-,15-,16-/m1/s1. The molecule has 0 aromatic carbocycles. The van der Waals surface area contributed by atoms with Gasteiger partial charge in [0, 0.05) is 24.3 Å². The number of fused-ring (bicyclic) bond motifs is 3. The quantitative estimate of drug-likeness (QED) is 0.423. The van der Waals surface area contributed by atoms with Crippen LogP contribution in [-0.4, -0.2) is 24.1 Å². The minimum absolute atomic E-state index is 0.0162. The first-order chi connectivity index (χ1) is 9.90. The van der Waals surface area contributed by atoms with Crippen molar-refractivity contribution in [2.24, 2.45) is 17.8 Å². The van der Waals surface area contributed by atoms with Gasteiger partial charge in [-0.1, -0.05) is 25.3 Å². The van der Waals surface area contributed by atoms with Gasteiger partial charge in [-0.15, -0.1) is 0 Å². The van der Waals surface area contributed by atoms with Crippen molar-refractivity contribution >= 4 is 11.9 Å². The number of allylic oxidation sites excluding steroid dienone is 1. The van der Waals surface area contributed by atoms with Crippen LogP contribution >= 0.6 is 0 Å². The first-order valence-electron chi connectivity index (χ1n) is 7.33. The maximum absolute atomic E-state index is 11.8. The molecule has 21 heavy (non-hydrogen) atoms. The van der Waals surface area contributed by atoms with E-state index in [4.69, 9.17) is 9.47 Å². The Hall–Kier alpha value is -1.84. The molecule has 0 N–H and O–H groups in total. The van der Waals surface area contributed by atoms with Crippen molar-refractivity contribution < 1.29 is 19.1 Å². The third-order valence-corrected chi connectivity index (χ3v) is 5.06. The predicted octanol–water partition coefficient (Wildman–Crippen LogP) is 2.56. The highest BCUT2D eigenvalue weighted by atomic mass is 16.6. The summed E-state index contributed by atoms with van der Waals surface area (Å²) in [6.07, 6.45) is 1.84. The normalized spacial score (nSPS) is 38.6. The fourth-order valence-corrected chi connectivity index (χ4v) is 4.01. The number of esters is 2. The Balaban J connectivity index is 1.93. The number of rotatable bonds is 1. The van der Waals surface area contributed by atoms with Gasteiger partial charge in [0.25, 0.3) is 0 Å². The first kappa shape index (κ1) is 14.1. The Morgan fingerprint density at radius 2 is 2.00 bits per heavy atom. The van der Waals surface area contributed by atoms with Gasteiger partial charge in [-0.3, -0.25) is 4.79 Å². The van der Waals surface area contributed by atoms with E-state index in [0.717, 1.165) is 24.0 Å². The average molecular weight is 288 g/mol.